The smallest absolute Gasteiger partial charge is 0.338 e. The van der Waals surface area contributed by atoms with E-state index in [0.29, 0.717) is 29.1 Å². The molecule has 0 fully saturated rings. The molecule has 0 saturated carbocycles. The van der Waals surface area contributed by atoms with Crippen LogP contribution in [0.1, 0.15) is 33.2 Å². The van der Waals surface area contributed by atoms with Gasteiger partial charge in [0.15, 0.2) is 4.34 Å². The molecule has 0 unspecified atom stereocenters. The summed E-state index contributed by atoms with van der Waals surface area (Å²) in [5, 5.41) is 5.75. The molecule has 0 bridgehead atoms. The van der Waals surface area contributed by atoms with E-state index in [1.807, 2.05) is 43.3 Å². The van der Waals surface area contributed by atoms with Gasteiger partial charge in [-0.1, -0.05) is 30.0 Å². The standard InChI is InChI=1S/C26H23N3O4S2/c1-3-33-25(32)17-8-10-18(11-9-17)27-23(30)15-34-26-29-21-13-12-19(14-22(21)35-26)28-24(31)20-7-5-4-6-16(20)2/h4-14H,3,15H2,1-2H3,(H,27,30)(H,28,31). The van der Waals surface area contributed by atoms with E-state index < -0.39 is 5.97 Å². The molecular formula is C26H23N3O4S2. The third kappa shape index (κ3) is 6.26. The normalized spacial score (nSPS) is 10.7. The number of nitrogens with one attached hydrogen (secondary N) is 2. The van der Waals surface area contributed by atoms with Gasteiger partial charge >= 0.3 is 5.97 Å². The molecule has 0 saturated heterocycles. The molecule has 4 rings (SSSR count). The second kappa shape index (κ2) is 11.2. The molecule has 1 heterocycles. The van der Waals surface area contributed by atoms with E-state index in [1.165, 1.54) is 23.1 Å². The van der Waals surface area contributed by atoms with Gasteiger partial charge in [0.1, 0.15) is 0 Å². The summed E-state index contributed by atoms with van der Waals surface area (Å²) in [4.78, 5) is 41.3. The number of benzene rings is 3. The fourth-order valence-corrected chi connectivity index (χ4v) is 5.21. The molecule has 2 N–H and O–H groups in total. The van der Waals surface area contributed by atoms with Crippen LogP contribution in [0.3, 0.4) is 0 Å². The van der Waals surface area contributed by atoms with Crippen molar-refractivity contribution in [1.29, 1.82) is 0 Å². The topological polar surface area (TPSA) is 97.4 Å². The third-order valence-corrected chi connectivity index (χ3v) is 7.18. The molecule has 0 atom stereocenters. The number of aromatic nitrogens is 1. The number of hydrogen-bond acceptors (Lipinski definition) is 7. The van der Waals surface area contributed by atoms with Crippen LogP contribution in [-0.4, -0.2) is 35.1 Å². The van der Waals surface area contributed by atoms with Crippen molar-refractivity contribution in [1.82, 2.24) is 4.98 Å². The van der Waals surface area contributed by atoms with Crippen molar-refractivity contribution in [2.45, 2.75) is 18.2 Å². The Morgan fingerprint density at radius 3 is 2.46 bits per heavy atom. The number of aryl methyl sites for hydroxylation is 1. The number of ether oxygens (including phenoxy) is 1. The van der Waals surface area contributed by atoms with Gasteiger partial charge in [-0.2, -0.15) is 0 Å². The van der Waals surface area contributed by atoms with Crippen LogP contribution >= 0.6 is 23.1 Å². The lowest BCUT2D eigenvalue weighted by molar-refractivity contribution is -0.113. The number of thiazole rings is 1. The maximum absolute atomic E-state index is 12.6. The van der Waals surface area contributed by atoms with E-state index in [2.05, 4.69) is 15.6 Å². The van der Waals surface area contributed by atoms with Crippen LogP contribution in [0.2, 0.25) is 0 Å². The van der Waals surface area contributed by atoms with Gasteiger partial charge in [-0.3, -0.25) is 9.59 Å². The molecule has 9 heteroatoms. The van der Waals surface area contributed by atoms with Crippen molar-refractivity contribution in [3.63, 3.8) is 0 Å². The fraction of sp³-hybridized carbons (Fsp3) is 0.154. The van der Waals surface area contributed by atoms with E-state index in [0.717, 1.165) is 20.1 Å². The van der Waals surface area contributed by atoms with Crippen molar-refractivity contribution < 1.29 is 19.1 Å². The van der Waals surface area contributed by atoms with Gasteiger partial charge in [0.25, 0.3) is 5.91 Å². The number of carbonyl (C=O) groups is 3. The number of carbonyl (C=O) groups excluding carboxylic acids is 3. The van der Waals surface area contributed by atoms with Crippen LogP contribution < -0.4 is 10.6 Å². The number of amides is 2. The molecule has 0 aliphatic rings. The maximum Gasteiger partial charge on any atom is 0.338 e. The van der Waals surface area contributed by atoms with Crippen molar-refractivity contribution in [2.75, 3.05) is 23.0 Å². The van der Waals surface area contributed by atoms with Crippen LogP contribution in [0.25, 0.3) is 10.2 Å². The Balaban J connectivity index is 1.34. The quantitative estimate of drug-likeness (QED) is 0.233. The predicted molar refractivity (Wildman–Crippen MR) is 141 cm³/mol. The highest BCUT2D eigenvalue weighted by atomic mass is 32.2. The van der Waals surface area contributed by atoms with Crippen LogP contribution in [0.4, 0.5) is 11.4 Å². The summed E-state index contributed by atoms with van der Waals surface area (Å²) < 4.78 is 6.64. The molecule has 7 nitrogen and oxygen atoms in total. The molecule has 2 amide bonds. The van der Waals surface area contributed by atoms with Gasteiger partial charge in [0, 0.05) is 16.9 Å². The highest BCUT2D eigenvalue weighted by Gasteiger charge is 2.12. The monoisotopic (exact) mass is 505 g/mol. The lowest BCUT2D eigenvalue weighted by Crippen LogP contribution is -2.14. The zero-order chi connectivity index (χ0) is 24.8. The van der Waals surface area contributed by atoms with Crippen molar-refractivity contribution in [3.8, 4) is 0 Å². The Kier molecular flexibility index (Phi) is 7.79. The van der Waals surface area contributed by atoms with Crippen molar-refractivity contribution >= 4 is 62.5 Å². The maximum atomic E-state index is 12.6. The van der Waals surface area contributed by atoms with Crippen LogP contribution in [0.15, 0.2) is 71.1 Å². The molecule has 0 aliphatic carbocycles. The zero-order valence-corrected chi connectivity index (χ0v) is 20.8. The molecule has 3 aromatic carbocycles. The molecular weight excluding hydrogens is 482 g/mol. The predicted octanol–water partition coefficient (Wildman–Crippen LogP) is 5.76. The van der Waals surface area contributed by atoms with E-state index in [4.69, 9.17) is 4.74 Å². The first-order valence-corrected chi connectivity index (χ1v) is 12.7. The highest BCUT2D eigenvalue weighted by molar-refractivity contribution is 8.01. The Morgan fingerprint density at radius 2 is 1.71 bits per heavy atom. The summed E-state index contributed by atoms with van der Waals surface area (Å²) in [5.74, 6) is -0.538. The van der Waals surface area contributed by atoms with Gasteiger partial charge in [0.2, 0.25) is 5.91 Å². The molecule has 0 radical (unpaired) electrons. The Morgan fingerprint density at radius 1 is 0.971 bits per heavy atom. The second-order valence-corrected chi connectivity index (χ2v) is 9.82. The average Bonchev–Trinajstić information content (AvgIpc) is 3.26. The Bertz CT molecular complexity index is 1380. The van der Waals surface area contributed by atoms with Crippen molar-refractivity contribution in [2.24, 2.45) is 0 Å². The van der Waals surface area contributed by atoms with Gasteiger partial charge in [0.05, 0.1) is 28.1 Å². The third-order valence-electron chi connectivity index (χ3n) is 5.02. The Labute approximate surface area is 210 Å². The first kappa shape index (κ1) is 24.4. The van der Waals surface area contributed by atoms with E-state index >= 15 is 0 Å². The van der Waals surface area contributed by atoms with Gasteiger partial charge in [-0.25, -0.2) is 9.78 Å². The summed E-state index contributed by atoms with van der Waals surface area (Å²) in [5.41, 5.74) is 4.08. The summed E-state index contributed by atoms with van der Waals surface area (Å²) in [6.07, 6.45) is 0. The zero-order valence-electron chi connectivity index (χ0n) is 19.2. The van der Waals surface area contributed by atoms with E-state index in [1.54, 1.807) is 37.3 Å². The lowest BCUT2D eigenvalue weighted by atomic mass is 10.1. The minimum atomic E-state index is -0.394. The molecule has 4 aromatic rings. The first-order valence-electron chi connectivity index (χ1n) is 10.9. The van der Waals surface area contributed by atoms with Crippen LogP contribution in [-0.2, 0) is 9.53 Å². The second-order valence-electron chi connectivity index (χ2n) is 7.57. The molecule has 0 spiro atoms. The van der Waals surface area contributed by atoms with E-state index in [-0.39, 0.29) is 17.6 Å². The minimum absolute atomic E-state index is 0.159. The fourth-order valence-electron chi connectivity index (χ4n) is 3.30. The summed E-state index contributed by atoms with van der Waals surface area (Å²) in [7, 11) is 0. The SMILES string of the molecule is CCOC(=O)c1ccc(NC(=O)CSc2nc3ccc(NC(=O)c4ccccc4C)cc3s2)cc1. The Hall–Kier alpha value is -3.69. The lowest BCUT2D eigenvalue weighted by Gasteiger charge is -2.07. The van der Waals surface area contributed by atoms with Gasteiger partial charge in [-0.05, 0) is 67.9 Å². The number of nitrogens with zero attached hydrogens (tertiary/aromatic N) is 1. The molecule has 35 heavy (non-hydrogen) atoms. The molecule has 178 valence electrons. The van der Waals surface area contributed by atoms with E-state index in [9.17, 15) is 14.4 Å². The van der Waals surface area contributed by atoms with Gasteiger partial charge in [-0.15, -0.1) is 11.3 Å². The van der Waals surface area contributed by atoms with Crippen LogP contribution in [0.5, 0.6) is 0 Å². The number of thioether (sulfide) groups is 1. The van der Waals surface area contributed by atoms with Crippen molar-refractivity contribution in [3.05, 3.63) is 83.4 Å². The minimum Gasteiger partial charge on any atom is -0.462 e. The number of esters is 1. The van der Waals surface area contributed by atoms with Crippen LogP contribution in [0, 0.1) is 6.92 Å². The molecule has 1 aromatic heterocycles. The highest BCUT2D eigenvalue weighted by Crippen LogP contribution is 2.31. The number of anilines is 2. The largest absolute Gasteiger partial charge is 0.462 e. The average molecular weight is 506 g/mol. The summed E-state index contributed by atoms with van der Waals surface area (Å²) in [6, 6.07) is 19.6. The summed E-state index contributed by atoms with van der Waals surface area (Å²) >= 11 is 2.81. The van der Waals surface area contributed by atoms with Gasteiger partial charge < -0.3 is 15.4 Å². The summed E-state index contributed by atoms with van der Waals surface area (Å²) in [6.45, 7) is 3.96. The number of hydrogen-bond donors (Lipinski definition) is 2. The first-order chi connectivity index (χ1) is 16.9. The number of fused-ring (bicyclic) bond motifs is 1. The number of rotatable bonds is 8. The molecule has 0 aliphatic heterocycles.